The van der Waals surface area contributed by atoms with E-state index in [-0.39, 0.29) is 30.5 Å². The SMILES string of the molecule is CC(C)OC(=O)OC(C)ON=[N+]([O-])N(C)CCCC(=O)O. The molecular weight excluding hydrogens is 286 g/mol. The Balaban J connectivity index is 4.08. The van der Waals surface area contributed by atoms with Crippen molar-refractivity contribution in [2.75, 3.05) is 13.6 Å². The molecule has 0 amide bonds. The zero-order chi connectivity index (χ0) is 16.4. The molecule has 122 valence electrons. The van der Waals surface area contributed by atoms with Crippen molar-refractivity contribution in [2.24, 2.45) is 5.28 Å². The molecule has 0 spiro atoms. The maximum Gasteiger partial charge on any atom is 0.511 e. The zero-order valence-electron chi connectivity index (χ0n) is 12.5. The van der Waals surface area contributed by atoms with Crippen LogP contribution in [0.2, 0.25) is 0 Å². The predicted octanol–water partition coefficient (Wildman–Crippen LogP) is 1.50. The second-order valence-electron chi connectivity index (χ2n) is 4.42. The van der Waals surface area contributed by atoms with Gasteiger partial charge >= 0.3 is 12.1 Å². The zero-order valence-corrected chi connectivity index (χ0v) is 12.5. The van der Waals surface area contributed by atoms with Crippen molar-refractivity contribution in [1.82, 2.24) is 5.01 Å². The summed E-state index contributed by atoms with van der Waals surface area (Å²) in [5, 5.41) is 24.2. The monoisotopic (exact) mass is 307 g/mol. The third-order valence-electron chi connectivity index (χ3n) is 2.02. The van der Waals surface area contributed by atoms with E-state index in [0.29, 0.717) is 0 Å². The fourth-order valence-electron chi connectivity index (χ4n) is 1.09. The predicted molar refractivity (Wildman–Crippen MR) is 68.8 cm³/mol. The van der Waals surface area contributed by atoms with E-state index >= 15 is 0 Å². The van der Waals surface area contributed by atoms with E-state index in [1.54, 1.807) is 13.8 Å². The van der Waals surface area contributed by atoms with Gasteiger partial charge in [-0.25, -0.2) is 4.79 Å². The lowest BCUT2D eigenvalue weighted by molar-refractivity contribution is -0.707. The summed E-state index contributed by atoms with van der Waals surface area (Å²) in [5.74, 6) is -0.945. The summed E-state index contributed by atoms with van der Waals surface area (Å²) in [6.45, 7) is 4.86. The van der Waals surface area contributed by atoms with Crippen LogP contribution in [0.3, 0.4) is 0 Å². The smallest absolute Gasteiger partial charge is 0.511 e. The fourth-order valence-corrected chi connectivity index (χ4v) is 1.09. The average Bonchev–Trinajstić information content (AvgIpc) is 2.34. The van der Waals surface area contributed by atoms with Crippen LogP contribution in [0, 0.1) is 5.21 Å². The molecule has 0 rings (SSSR count). The minimum absolute atomic E-state index is 0.0560. The van der Waals surface area contributed by atoms with Gasteiger partial charge in [-0.1, -0.05) is 0 Å². The van der Waals surface area contributed by atoms with Crippen LogP contribution in [-0.4, -0.2) is 53.2 Å². The number of nitrogens with zero attached hydrogens (tertiary/aromatic N) is 3. The van der Waals surface area contributed by atoms with Gasteiger partial charge in [-0.3, -0.25) is 9.63 Å². The lowest BCUT2D eigenvalue weighted by Gasteiger charge is -2.14. The Morgan fingerprint density at radius 2 is 1.95 bits per heavy atom. The third kappa shape index (κ3) is 10.2. The molecule has 1 atom stereocenters. The Morgan fingerprint density at radius 1 is 1.33 bits per heavy atom. The first-order chi connectivity index (χ1) is 9.72. The highest BCUT2D eigenvalue weighted by molar-refractivity contribution is 5.66. The molecule has 0 heterocycles. The second kappa shape index (κ2) is 9.61. The van der Waals surface area contributed by atoms with Crippen molar-refractivity contribution in [2.45, 2.75) is 46.0 Å². The summed E-state index contributed by atoms with van der Waals surface area (Å²) in [4.78, 5) is 26.2. The molecule has 0 aromatic rings. The molecule has 0 radical (unpaired) electrons. The van der Waals surface area contributed by atoms with Gasteiger partial charge in [0, 0.05) is 13.3 Å². The van der Waals surface area contributed by atoms with Crippen LogP contribution in [-0.2, 0) is 19.1 Å². The Kier molecular flexibility index (Phi) is 8.58. The Bertz CT molecular complexity index is 373. The maximum absolute atomic E-state index is 11.4. The van der Waals surface area contributed by atoms with Gasteiger partial charge in [0.1, 0.15) is 0 Å². The largest absolute Gasteiger partial charge is 0.569 e. The molecule has 0 aromatic heterocycles. The first-order valence-corrected chi connectivity index (χ1v) is 6.36. The van der Waals surface area contributed by atoms with E-state index in [2.05, 4.69) is 14.9 Å². The van der Waals surface area contributed by atoms with Crippen LogP contribution in [0.5, 0.6) is 0 Å². The van der Waals surface area contributed by atoms with Crippen LogP contribution >= 0.6 is 0 Å². The van der Waals surface area contributed by atoms with Crippen molar-refractivity contribution in [3.63, 3.8) is 0 Å². The standard InChI is InChI=1S/C11H21N3O7/c1-8(2)19-11(17)20-9(3)21-12-14(18)13(4)7-5-6-10(15)16/h8-9H,5-7H2,1-4H3,(H,15,16). The highest BCUT2D eigenvalue weighted by Crippen LogP contribution is 2.01. The summed E-state index contributed by atoms with van der Waals surface area (Å²) >= 11 is 0. The quantitative estimate of drug-likeness (QED) is 0.223. The number of carboxylic acids is 1. The number of ether oxygens (including phenoxy) is 2. The van der Waals surface area contributed by atoms with Gasteiger partial charge in [0.05, 0.1) is 24.7 Å². The Hall–Kier alpha value is -2.26. The number of carboxylic acid groups (broad SMARTS) is 1. The minimum atomic E-state index is -1.10. The summed E-state index contributed by atoms with van der Waals surface area (Å²) < 4.78 is 9.38. The number of hydrazine groups is 1. The molecule has 0 aliphatic heterocycles. The first kappa shape index (κ1) is 18.7. The number of hydrogen-bond acceptors (Lipinski definition) is 7. The van der Waals surface area contributed by atoms with Gasteiger partial charge in [0.15, 0.2) is 0 Å². The summed E-state index contributed by atoms with van der Waals surface area (Å²) in [6.07, 6.45) is -2.13. The molecule has 0 aliphatic carbocycles. The molecule has 21 heavy (non-hydrogen) atoms. The highest BCUT2D eigenvalue weighted by Gasteiger charge is 2.15. The Labute approximate surface area is 122 Å². The van der Waals surface area contributed by atoms with E-state index in [1.807, 2.05) is 0 Å². The van der Waals surface area contributed by atoms with Gasteiger partial charge in [-0.05, 0) is 20.3 Å². The molecule has 0 aromatic carbocycles. The van der Waals surface area contributed by atoms with Crippen molar-refractivity contribution < 1.29 is 34.0 Å². The normalized spacial score (nSPS) is 12.7. The second-order valence-corrected chi connectivity index (χ2v) is 4.42. The molecule has 0 aliphatic rings. The lowest BCUT2D eigenvalue weighted by Crippen LogP contribution is -2.28. The van der Waals surface area contributed by atoms with Crippen LogP contribution in [0.25, 0.3) is 0 Å². The minimum Gasteiger partial charge on any atom is -0.569 e. The summed E-state index contributed by atoms with van der Waals surface area (Å²) in [5.41, 5.74) is 0. The highest BCUT2D eigenvalue weighted by atomic mass is 16.8. The number of carbonyl (C=O) groups is 2. The molecular formula is C11H21N3O7. The van der Waals surface area contributed by atoms with Gasteiger partial charge < -0.3 is 19.8 Å². The third-order valence-corrected chi connectivity index (χ3v) is 2.02. The maximum atomic E-state index is 11.4. The van der Waals surface area contributed by atoms with E-state index in [4.69, 9.17) is 9.84 Å². The number of hydrogen-bond donors (Lipinski definition) is 1. The molecule has 1 N–H and O–H groups in total. The van der Waals surface area contributed by atoms with E-state index in [0.717, 1.165) is 5.01 Å². The topological polar surface area (TPSA) is 124 Å². The van der Waals surface area contributed by atoms with E-state index in [9.17, 15) is 14.8 Å². The molecule has 0 saturated heterocycles. The van der Waals surface area contributed by atoms with Crippen LogP contribution in [0.4, 0.5) is 4.79 Å². The van der Waals surface area contributed by atoms with Gasteiger partial charge in [0.2, 0.25) is 5.28 Å². The average molecular weight is 307 g/mol. The van der Waals surface area contributed by atoms with Crippen molar-refractivity contribution in [3.8, 4) is 0 Å². The molecule has 0 fully saturated rings. The molecule has 1 unspecified atom stereocenters. The first-order valence-electron chi connectivity index (χ1n) is 6.36. The summed E-state index contributed by atoms with van der Waals surface area (Å²) in [6, 6.07) is 0. The van der Waals surface area contributed by atoms with Crippen molar-refractivity contribution >= 4 is 12.1 Å². The van der Waals surface area contributed by atoms with Gasteiger partial charge in [-0.15, -0.1) is 5.01 Å². The summed E-state index contributed by atoms with van der Waals surface area (Å²) in [7, 11) is 1.42. The van der Waals surface area contributed by atoms with Crippen LogP contribution < -0.4 is 0 Å². The van der Waals surface area contributed by atoms with Crippen LogP contribution in [0.15, 0.2) is 5.28 Å². The molecule has 10 heteroatoms. The molecule has 0 saturated carbocycles. The fraction of sp³-hybridized carbons (Fsp3) is 0.818. The molecule has 0 bridgehead atoms. The Morgan fingerprint density at radius 3 is 2.48 bits per heavy atom. The van der Waals surface area contributed by atoms with Gasteiger partial charge in [0.25, 0.3) is 6.29 Å². The van der Waals surface area contributed by atoms with Crippen LogP contribution in [0.1, 0.15) is 33.6 Å². The van der Waals surface area contributed by atoms with Crippen molar-refractivity contribution in [3.05, 3.63) is 5.21 Å². The number of rotatable bonds is 9. The number of carbonyl (C=O) groups excluding carboxylic acids is 1. The lowest BCUT2D eigenvalue weighted by atomic mass is 10.3. The van der Waals surface area contributed by atoms with E-state index in [1.165, 1.54) is 14.0 Å². The van der Waals surface area contributed by atoms with E-state index < -0.39 is 18.4 Å². The van der Waals surface area contributed by atoms with Gasteiger partial charge in [-0.2, -0.15) is 0 Å². The van der Waals surface area contributed by atoms with Crippen molar-refractivity contribution in [1.29, 1.82) is 0 Å². The number of aliphatic carboxylic acids is 1. The molecule has 10 nitrogen and oxygen atoms in total.